The van der Waals surface area contributed by atoms with Gasteiger partial charge in [0.15, 0.2) is 0 Å². The highest BCUT2D eigenvalue weighted by Gasteiger charge is 2.12. The monoisotopic (exact) mass is 387 g/mol. The molecule has 0 aliphatic carbocycles. The Hall–Kier alpha value is -3.44. The minimum absolute atomic E-state index is 0.0349. The fourth-order valence-corrected chi connectivity index (χ4v) is 2.93. The van der Waals surface area contributed by atoms with E-state index in [0.29, 0.717) is 29.9 Å². The number of hydrogen-bond donors (Lipinski definition) is 2. The second-order valence-electron chi connectivity index (χ2n) is 7.04. The molecular weight excluding hydrogens is 362 g/mol. The van der Waals surface area contributed by atoms with Crippen molar-refractivity contribution in [2.75, 3.05) is 31.3 Å². The normalized spacial score (nSPS) is 10.6. The topological polar surface area (TPSA) is 61.4 Å². The molecule has 0 unspecified atom stereocenters. The number of hydrogen-bond acceptors (Lipinski definition) is 3. The highest BCUT2D eigenvalue weighted by atomic mass is 16.2. The summed E-state index contributed by atoms with van der Waals surface area (Å²) >= 11 is 0. The largest absolute Gasteiger partial charge is 0.326 e. The first-order valence-electron chi connectivity index (χ1n) is 9.53. The fourth-order valence-electron chi connectivity index (χ4n) is 2.93. The number of anilines is 2. The maximum Gasteiger partial charge on any atom is 0.256 e. The first-order valence-corrected chi connectivity index (χ1v) is 9.53. The van der Waals surface area contributed by atoms with E-state index in [2.05, 4.69) is 10.6 Å². The minimum atomic E-state index is -0.174. The van der Waals surface area contributed by atoms with Gasteiger partial charge < -0.3 is 15.5 Å². The predicted molar refractivity (Wildman–Crippen MR) is 118 cm³/mol. The molecule has 0 spiro atoms. The molecule has 0 saturated heterocycles. The summed E-state index contributed by atoms with van der Waals surface area (Å²) < 4.78 is 0. The number of nitrogens with zero attached hydrogens (tertiary/aromatic N) is 1. The maximum atomic E-state index is 12.8. The van der Waals surface area contributed by atoms with Crippen molar-refractivity contribution in [3.05, 3.63) is 84.4 Å². The molecule has 5 heteroatoms. The van der Waals surface area contributed by atoms with E-state index in [9.17, 15) is 9.59 Å². The van der Waals surface area contributed by atoms with Crippen molar-refractivity contribution < 1.29 is 9.59 Å². The maximum absolute atomic E-state index is 12.8. The van der Waals surface area contributed by atoms with Crippen LogP contribution in [0.15, 0.2) is 78.9 Å². The number of amides is 2. The summed E-state index contributed by atoms with van der Waals surface area (Å²) in [6, 6.07) is 24.5. The molecule has 3 rings (SSSR count). The van der Waals surface area contributed by atoms with Crippen LogP contribution in [-0.2, 0) is 4.79 Å². The van der Waals surface area contributed by atoms with Crippen LogP contribution in [0.25, 0.3) is 11.1 Å². The zero-order valence-corrected chi connectivity index (χ0v) is 16.7. The second-order valence-corrected chi connectivity index (χ2v) is 7.04. The van der Waals surface area contributed by atoms with Crippen molar-refractivity contribution in [3.8, 4) is 11.1 Å². The molecule has 0 bridgehead atoms. The quantitative estimate of drug-likeness (QED) is 0.628. The van der Waals surface area contributed by atoms with Crippen LogP contribution in [0.5, 0.6) is 0 Å². The van der Waals surface area contributed by atoms with Gasteiger partial charge in [-0.2, -0.15) is 0 Å². The van der Waals surface area contributed by atoms with Crippen LogP contribution < -0.4 is 10.6 Å². The number of nitrogens with one attached hydrogen (secondary N) is 2. The lowest BCUT2D eigenvalue weighted by molar-refractivity contribution is -0.116. The van der Waals surface area contributed by atoms with Gasteiger partial charge in [-0.1, -0.05) is 48.5 Å². The van der Waals surface area contributed by atoms with E-state index in [0.717, 1.165) is 11.1 Å². The van der Waals surface area contributed by atoms with Crippen LogP contribution >= 0.6 is 0 Å². The molecule has 0 aromatic heterocycles. The molecule has 3 aromatic carbocycles. The van der Waals surface area contributed by atoms with E-state index < -0.39 is 0 Å². The summed E-state index contributed by atoms with van der Waals surface area (Å²) in [5.41, 5.74) is 3.87. The van der Waals surface area contributed by atoms with E-state index in [-0.39, 0.29) is 11.8 Å². The molecule has 0 radical (unpaired) electrons. The van der Waals surface area contributed by atoms with Gasteiger partial charge in [-0.3, -0.25) is 9.59 Å². The average molecular weight is 387 g/mol. The number of benzene rings is 3. The van der Waals surface area contributed by atoms with Crippen molar-refractivity contribution in [2.24, 2.45) is 0 Å². The summed E-state index contributed by atoms with van der Waals surface area (Å²) in [5, 5.41) is 5.79. The minimum Gasteiger partial charge on any atom is -0.326 e. The van der Waals surface area contributed by atoms with E-state index >= 15 is 0 Å². The summed E-state index contributed by atoms with van der Waals surface area (Å²) in [5.74, 6) is -0.209. The van der Waals surface area contributed by atoms with Crippen LogP contribution in [0.3, 0.4) is 0 Å². The summed E-state index contributed by atoms with van der Waals surface area (Å²) in [6.45, 7) is 0.695. The number of carbonyl (C=O) groups excluding carboxylic acids is 2. The molecule has 0 heterocycles. The Bertz CT molecular complexity index is 967. The first-order chi connectivity index (χ1) is 14.0. The lowest BCUT2D eigenvalue weighted by atomic mass is 9.99. The Labute approximate surface area is 171 Å². The Morgan fingerprint density at radius 2 is 1.34 bits per heavy atom. The molecule has 0 aliphatic rings. The lowest BCUT2D eigenvalue weighted by Crippen LogP contribution is -2.20. The molecule has 3 aromatic rings. The molecule has 2 amide bonds. The van der Waals surface area contributed by atoms with Gasteiger partial charge in [-0.25, -0.2) is 0 Å². The van der Waals surface area contributed by atoms with Crippen LogP contribution in [0.1, 0.15) is 16.8 Å². The summed E-state index contributed by atoms with van der Waals surface area (Å²) in [4.78, 5) is 26.7. The third-order valence-electron chi connectivity index (χ3n) is 4.47. The van der Waals surface area contributed by atoms with Crippen molar-refractivity contribution in [3.63, 3.8) is 0 Å². The molecule has 148 valence electrons. The fraction of sp³-hybridized carbons (Fsp3) is 0.167. The van der Waals surface area contributed by atoms with Crippen molar-refractivity contribution in [1.82, 2.24) is 4.90 Å². The Morgan fingerprint density at radius 1 is 0.759 bits per heavy atom. The SMILES string of the molecule is CN(C)CCC(=O)Nc1ccc(NC(=O)c2ccccc2-c2ccccc2)cc1. The van der Waals surface area contributed by atoms with E-state index in [1.807, 2.05) is 73.6 Å². The van der Waals surface area contributed by atoms with E-state index in [1.165, 1.54) is 0 Å². The Balaban J connectivity index is 1.67. The first kappa shape index (κ1) is 20.3. The third-order valence-corrected chi connectivity index (χ3v) is 4.47. The van der Waals surface area contributed by atoms with Crippen LogP contribution in [0, 0.1) is 0 Å². The smallest absolute Gasteiger partial charge is 0.256 e. The van der Waals surface area contributed by atoms with E-state index in [1.54, 1.807) is 24.3 Å². The molecule has 0 aliphatic heterocycles. The standard InChI is InChI=1S/C24H25N3O2/c1-27(2)17-16-23(28)25-19-12-14-20(15-13-19)26-24(29)22-11-7-6-10-21(22)18-8-4-3-5-9-18/h3-15H,16-17H2,1-2H3,(H,25,28)(H,26,29). The summed E-state index contributed by atoms with van der Waals surface area (Å²) in [7, 11) is 3.86. The van der Waals surface area contributed by atoms with Crippen LogP contribution in [-0.4, -0.2) is 37.4 Å². The lowest BCUT2D eigenvalue weighted by Gasteiger charge is -2.12. The van der Waals surface area contributed by atoms with Gasteiger partial charge in [-0.05, 0) is 55.6 Å². The number of carbonyl (C=O) groups is 2. The Morgan fingerprint density at radius 3 is 2.00 bits per heavy atom. The number of rotatable bonds is 7. The van der Waals surface area contributed by atoms with Gasteiger partial charge in [0, 0.05) is 29.9 Å². The Kier molecular flexibility index (Phi) is 6.76. The highest BCUT2D eigenvalue weighted by Crippen LogP contribution is 2.24. The van der Waals surface area contributed by atoms with Gasteiger partial charge in [-0.15, -0.1) is 0 Å². The zero-order chi connectivity index (χ0) is 20.6. The van der Waals surface area contributed by atoms with Gasteiger partial charge in [0.25, 0.3) is 5.91 Å². The van der Waals surface area contributed by atoms with Gasteiger partial charge >= 0.3 is 0 Å². The molecular formula is C24H25N3O2. The molecule has 0 atom stereocenters. The molecule has 0 saturated carbocycles. The van der Waals surface area contributed by atoms with Crippen molar-refractivity contribution in [1.29, 1.82) is 0 Å². The zero-order valence-electron chi connectivity index (χ0n) is 16.7. The van der Waals surface area contributed by atoms with Gasteiger partial charge in [0.05, 0.1) is 0 Å². The second kappa shape index (κ2) is 9.66. The van der Waals surface area contributed by atoms with Crippen molar-refractivity contribution in [2.45, 2.75) is 6.42 Å². The third kappa shape index (κ3) is 5.77. The van der Waals surface area contributed by atoms with Gasteiger partial charge in [0.2, 0.25) is 5.91 Å². The van der Waals surface area contributed by atoms with Crippen LogP contribution in [0.4, 0.5) is 11.4 Å². The molecule has 0 fully saturated rings. The van der Waals surface area contributed by atoms with Crippen LogP contribution in [0.2, 0.25) is 0 Å². The van der Waals surface area contributed by atoms with Crippen molar-refractivity contribution >= 4 is 23.2 Å². The average Bonchev–Trinajstić information content (AvgIpc) is 2.74. The molecule has 5 nitrogen and oxygen atoms in total. The van der Waals surface area contributed by atoms with Gasteiger partial charge in [0.1, 0.15) is 0 Å². The van der Waals surface area contributed by atoms with E-state index in [4.69, 9.17) is 0 Å². The predicted octanol–water partition coefficient (Wildman–Crippen LogP) is 4.50. The molecule has 29 heavy (non-hydrogen) atoms. The molecule has 2 N–H and O–H groups in total. The highest BCUT2D eigenvalue weighted by molar-refractivity contribution is 6.08. The summed E-state index contributed by atoms with van der Waals surface area (Å²) in [6.07, 6.45) is 0.432.